The SMILES string of the molecule is CC/C=C/CCCCCCCCCCO[C@H]1CO[C@@H]([C@H](O)CO)[C@H]1O. The average Bonchev–Trinajstić information content (AvgIpc) is 2.99. The van der Waals surface area contributed by atoms with Crippen LogP contribution in [0.3, 0.4) is 0 Å². The molecule has 1 fully saturated rings. The van der Waals surface area contributed by atoms with Crippen LogP contribution in [0.15, 0.2) is 12.2 Å². The molecule has 3 N–H and O–H groups in total. The van der Waals surface area contributed by atoms with E-state index in [-0.39, 0.29) is 6.61 Å². The van der Waals surface area contributed by atoms with Crippen molar-refractivity contribution >= 4 is 0 Å². The molecule has 0 bridgehead atoms. The molecular formula is C20H38O5. The van der Waals surface area contributed by atoms with E-state index in [0.717, 1.165) is 19.3 Å². The molecule has 5 heteroatoms. The molecule has 1 aliphatic heterocycles. The fourth-order valence-corrected chi connectivity index (χ4v) is 3.15. The summed E-state index contributed by atoms with van der Waals surface area (Å²) in [5, 5.41) is 28.5. The Morgan fingerprint density at radius 2 is 1.68 bits per heavy atom. The topological polar surface area (TPSA) is 79.2 Å². The van der Waals surface area contributed by atoms with Crippen LogP contribution in [-0.2, 0) is 9.47 Å². The Bertz CT molecular complexity index is 334. The van der Waals surface area contributed by atoms with Crippen molar-refractivity contribution in [2.24, 2.45) is 0 Å². The van der Waals surface area contributed by atoms with Gasteiger partial charge < -0.3 is 24.8 Å². The van der Waals surface area contributed by atoms with Crippen LogP contribution in [0, 0.1) is 0 Å². The number of ether oxygens (including phenoxy) is 2. The number of aliphatic hydroxyl groups is 3. The highest BCUT2D eigenvalue weighted by Crippen LogP contribution is 2.20. The highest BCUT2D eigenvalue weighted by molar-refractivity contribution is 4.88. The number of allylic oxidation sites excluding steroid dienone is 2. The number of hydrogen-bond acceptors (Lipinski definition) is 5. The zero-order valence-electron chi connectivity index (χ0n) is 15.8. The van der Waals surface area contributed by atoms with E-state index in [4.69, 9.17) is 14.6 Å². The average molecular weight is 359 g/mol. The molecule has 1 rings (SSSR count). The second kappa shape index (κ2) is 14.7. The summed E-state index contributed by atoms with van der Waals surface area (Å²) in [5.74, 6) is 0. The number of unbranched alkanes of at least 4 members (excludes halogenated alkanes) is 8. The van der Waals surface area contributed by atoms with Crippen molar-refractivity contribution in [3.8, 4) is 0 Å². The van der Waals surface area contributed by atoms with Crippen molar-refractivity contribution in [1.29, 1.82) is 0 Å². The van der Waals surface area contributed by atoms with Crippen LogP contribution in [0.1, 0.15) is 71.1 Å². The summed E-state index contributed by atoms with van der Waals surface area (Å²) < 4.78 is 11.0. The van der Waals surface area contributed by atoms with E-state index in [1.807, 2.05) is 0 Å². The summed E-state index contributed by atoms with van der Waals surface area (Å²) in [5.41, 5.74) is 0. The first-order chi connectivity index (χ1) is 12.2. The summed E-state index contributed by atoms with van der Waals surface area (Å²) in [7, 11) is 0. The lowest BCUT2D eigenvalue weighted by molar-refractivity contribution is -0.0730. The molecule has 148 valence electrons. The van der Waals surface area contributed by atoms with E-state index < -0.39 is 31.0 Å². The van der Waals surface area contributed by atoms with E-state index in [0.29, 0.717) is 6.61 Å². The highest BCUT2D eigenvalue weighted by Gasteiger charge is 2.40. The van der Waals surface area contributed by atoms with Gasteiger partial charge in [-0.3, -0.25) is 0 Å². The Labute approximate surface area is 153 Å². The van der Waals surface area contributed by atoms with Crippen LogP contribution in [0.2, 0.25) is 0 Å². The molecule has 0 aromatic heterocycles. The second-order valence-electron chi connectivity index (χ2n) is 6.94. The molecule has 4 atom stereocenters. The quantitative estimate of drug-likeness (QED) is 0.310. The van der Waals surface area contributed by atoms with Crippen molar-refractivity contribution in [2.45, 2.75) is 95.5 Å². The molecule has 1 aliphatic rings. The monoisotopic (exact) mass is 358 g/mol. The molecule has 0 aromatic carbocycles. The smallest absolute Gasteiger partial charge is 0.114 e. The highest BCUT2D eigenvalue weighted by atomic mass is 16.6. The predicted octanol–water partition coefficient (Wildman–Crippen LogP) is 2.96. The lowest BCUT2D eigenvalue weighted by Crippen LogP contribution is -2.41. The maximum atomic E-state index is 10.0. The Balaban J connectivity index is 1.88. The van der Waals surface area contributed by atoms with Crippen LogP contribution in [0.25, 0.3) is 0 Å². The summed E-state index contributed by atoms with van der Waals surface area (Å²) >= 11 is 0. The van der Waals surface area contributed by atoms with E-state index in [9.17, 15) is 10.2 Å². The predicted molar refractivity (Wildman–Crippen MR) is 99.6 cm³/mol. The third-order valence-corrected chi connectivity index (χ3v) is 4.74. The fraction of sp³-hybridized carbons (Fsp3) is 0.900. The van der Waals surface area contributed by atoms with Crippen molar-refractivity contribution < 1.29 is 24.8 Å². The summed E-state index contributed by atoms with van der Waals surface area (Å²) in [6.45, 7) is 2.64. The van der Waals surface area contributed by atoms with E-state index in [1.54, 1.807) is 0 Å². The van der Waals surface area contributed by atoms with Crippen molar-refractivity contribution in [3.63, 3.8) is 0 Å². The first-order valence-electron chi connectivity index (χ1n) is 10.1. The van der Waals surface area contributed by atoms with Gasteiger partial charge >= 0.3 is 0 Å². The molecule has 0 spiro atoms. The third-order valence-electron chi connectivity index (χ3n) is 4.74. The van der Waals surface area contributed by atoms with E-state index in [2.05, 4.69) is 19.1 Å². The Morgan fingerprint density at radius 1 is 1.04 bits per heavy atom. The van der Waals surface area contributed by atoms with Gasteiger partial charge in [-0.1, -0.05) is 57.6 Å². The molecular weight excluding hydrogens is 320 g/mol. The minimum absolute atomic E-state index is 0.274. The molecule has 0 radical (unpaired) electrons. The zero-order valence-corrected chi connectivity index (χ0v) is 15.8. The van der Waals surface area contributed by atoms with Crippen molar-refractivity contribution in [3.05, 3.63) is 12.2 Å². The zero-order chi connectivity index (χ0) is 18.3. The number of aliphatic hydroxyl groups excluding tert-OH is 3. The van der Waals surface area contributed by atoms with Crippen LogP contribution in [0.5, 0.6) is 0 Å². The van der Waals surface area contributed by atoms with Crippen LogP contribution in [0.4, 0.5) is 0 Å². The molecule has 0 amide bonds. The van der Waals surface area contributed by atoms with Gasteiger partial charge in [0.05, 0.1) is 13.2 Å². The van der Waals surface area contributed by atoms with Gasteiger partial charge in [-0.25, -0.2) is 0 Å². The van der Waals surface area contributed by atoms with E-state index in [1.165, 1.54) is 44.9 Å². The molecule has 0 saturated carbocycles. The Hall–Kier alpha value is -0.460. The van der Waals surface area contributed by atoms with Gasteiger partial charge in [0.1, 0.15) is 24.4 Å². The molecule has 0 aliphatic carbocycles. The van der Waals surface area contributed by atoms with Crippen molar-refractivity contribution in [1.82, 2.24) is 0 Å². The van der Waals surface area contributed by atoms with Gasteiger partial charge in [0.2, 0.25) is 0 Å². The van der Waals surface area contributed by atoms with Gasteiger partial charge in [0.25, 0.3) is 0 Å². The molecule has 1 heterocycles. The summed E-state index contributed by atoms with van der Waals surface area (Å²) in [6.07, 6.45) is 13.8. The van der Waals surface area contributed by atoms with Gasteiger partial charge in [-0.05, 0) is 25.7 Å². The van der Waals surface area contributed by atoms with Crippen LogP contribution >= 0.6 is 0 Å². The van der Waals surface area contributed by atoms with Gasteiger partial charge in [0.15, 0.2) is 0 Å². The molecule has 25 heavy (non-hydrogen) atoms. The van der Waals surface area contributed by atoms with Crippen molar-refractivity contribution in [2.75, 3.05) is 19.8 Å². The standard InChI is InChI=1S/C20H38O5/c1-2-3-4-5-6-7-8-9-10-11-12-13-14-24-18-16-25-20(19(18)23)17(22)15-21/h3-4,17-23H,2,5-16H2,1H3/b4-3+/t17-,18+,19+,20+/m1/s1. The molecule has 5 nitrogen and oxygen atoms in total. The first kappa shape index (κ1) is 22.6. The Morgan fingerprint density at radius 3 is 2.32 bits per heavy atom. The van der Waals surface area contributed by atoms with E-state index >= 15 is 0 Å². The van der Waals surface area contributed by atoms with Gasteiger partial charge in [-0.2, -0.15) is 0 Å². The normalized spacial score (nSPS) is 25.0. The van der Waals surface area contributed by atoms with Gasteiger partial charge in [-0.15, -0.1) is 0 Å². The van der Waals surface area contributed by atoms with Gasteiger partial charge in [0, 0.05) is 6.61 Å². The Kier molecular flexibility index (Phi) is 13.3. The maximum absolute atomic E-state index is 10.0. The summed E-state index contributed by atoms with van der Waals surface area (Å²) in [6, 6.07) is 0. The minimum Gasteiger partial charge on any atom is -0.394 e. The number of hydrogen-bond donors (Lipinski definition) is 3. The third kappa shape index (κ3) is 9.71. The molecule has 0 unspecified atom stereocenters. The maximum Gasteiger partial charge on any atom is 0.114 e. The first-order valence-corrected chi connectivity index (χ1v) is 10.1. The lowest BCUT2D eigenvalue weighted by Gasteiger charge is -2.20. The largest absolute Gasteiger partial charge is 0.394 e. The summed E-state index contributed by atoms with van der Waals surface area (Å²) in [4.78, 5) is 0. The minimum atomic E-state index is -1.05. The molecule has 0 aromatic rings. The van der Waals surface area contributed by atoms with Crippen LogP contribution in [-0.4, -0.2) is 59.6 Å². The second-order valence-corrected chi connectivity index (χ2v) is 6.94. The number of rotatable bonds is 15. The van der Waals surface area contributed by atoms with Crippen LogP contribution < -0.4 is 0 Å². The fourth-order valence-electron chi connectivity index (χ4n) is 3.15. The molecule has 1 saturated heterocycles. The lowest BCUT2D eigenvalue weighted by atomic mass is 10.1.